The van der Waals surface area contributed by atoms with E-state index in [1.165, 1.54) is 0 Å². The molecule has 0 aromatic rings. The third kappa shape index (κ3) is 5.42. The molecule has 1 aliphatic carbocycles. The van der Waals surface area contributed by atoms with E-state index in [9.17, 15) is 9.90 Å². The molecule has 1 rings (SSSR count). The van der Waals surface area contributed by atoms with Crippen LogP contribution in [0.2, 0.25) is 0 Å². The van der Waals surface area contributed by atoms with Gasteiger partial charge in [0, 0.05) is 6.54 Å². The highest BCUT2D eigenvalue weighted by atomic mass is 16.4. The van der Waals surface area contributed by atoms with Crippen molar-refractivity contribution >= 4 is 5.97 Å². The van der Waals surface area contributed by atoms with E-state index in [1.807, 2.05) is 7.05 Å². The molecule has 0 aromatic heterocycles. The molecule has 3 heteroatoms. The van der Waals surface area contributed by atoms with Gasteiger partial charge in [0.2, 0.25) is 0 Å². The van der Waals surface area contributed by atoms with Gasteiger partial charge >= 0.3 is 5.97 Å². The highest BCUT2D eigenvalue weighted by Gasteiger charge is 2.34. The van der Waals surface area contributed by atoms with E-state index in [0.29, 0.717) is 12.3 Å². The Hall–Kier alpha value is -0.830. The lowest BCUT2D eigenvalue weighted by atomic mass is 9.70. The second-order valence-electron chi connectivity index (χ2n) is 8.89. The van der Waals surface area contributed by atoms with Crippen molar-refractivity contribution in [2.24, 2.45) is 16.7 Å². The molecule has 0 fully saturated rings. The van der Waals surface area contributed by atoms with Crippen molar-refractivity contribution in [3.63, 3.8) is 0 Å². The molecule has 1 aliphatic rings. The van der Waals surface area contributed by atoms with Crippen LogP contribution < -0.4 is 0 Å². The molecule has 0 aromatic carbocycles. The maximum atomic E-state index is 11.6. The number of carbonyl (C=O) groups is 1. The van der Waals surface area contributed by atoms with Gasteiger partial charge in [0.1, 0.15) is 6.04 Å². The fourth-order valence-electron chi connectivity index (χ4n) is 3.46. The molecule has 2 atom stereocenters. The number of rotatable bonds is 6. The fourth-order valence-corrected chi connectivity index (χ4v) is 3.46. The van der Waals surface area contributed by atoms with E-state index >= 15 is 0 Å². The summed E-state index contributed by atoms with van der Waals surface area (Å²) < 4.78 is 0. The molecular weight excluding hydrogens is 274 g/mol. The first-order valence-electron chi connectivity index (χ1n) is 8.57. The van der Waals surface area contributed by atoms with Crippen molar-refractivity contribution in [3.05, 3.63) is 11.6 Å². The van der Waals surface area contributed by atoms with Crippen LogP contribution in [0.1, 0.15) is 67.2 Å². The Labute approximate surface area is 136 Å². The number of allylic oxidation sites excluding steroid dienone is 2. The Morgan fingerprint density at radius 2 is 2.00 bits per heavy atom. The number of carboxylic acid groups (broad SMARTS) is 1. The first kappa shape index (κ1) is 19.2. The van der Waals surface area contributed by atoms with Crippen molar-refractivity contribution in [2.45, 2.75) is 73.3 Å². The van der Waals surface area contributed by atoms with Crippen LogP contribution in [0.25, 0.3) is 0 Å². The van der Waals surface area contributed by atoms with E-state index < -0.39 is 5.97 Å². The summed E-state index contributed by atoms with van der Waals surface area (Å²) >= 11 is 0. The Bertz CT molecular complexity index is 420. The second-order valence-corrected chi connectivity index (χ2v) is 8.89. The predicted octanol–water partition coefficient (Wildman–Crippen LogP) is 4.58. The summed E-state index contributed by atoms with van der Waals surface area (Å²) in [6, 6.07) is -0.371. The minimum Gasteiger partial charge on any atom is -0.480 e. The largest absolute Gasteiger partial charge is 0.480 e. The van der Waals surface area contributed by atoms with Crippen LogP contribution in [0.5, 0.6) is 0 Å². The lowest BCUT2D eigenvalue weighted by Gasteiger charge is -2.40. The summed E-state index contributed by atoms with van der Waals surface area (Å²) in [7, 11) is 1.97. The summed E-state index contributed by atoms with van der Waals surface area (Å²) in [5, 5.41) is 9.50. The van der Waals surface area contributed by atoms with Gasteiger partial charge in [-0.1, -0.05) is 53.2 Å². The number of hydrogen-bond acceptors (Lipinski definition) is 2. The van der Waals surface area contributed by atoms with Crippen LogP contribution in [0.3, 0.4) is 0 Å². The lowest BCUT2D eigenvalue weighted by Crippen LogP contribution is -2.45. The van der Waals surface area contributed by atoms with Crippen LogP contribution in [0.4, 0.5) is 0 Å². The molecule has 1 N–H and O–H groups in total. The topological polar surface area (TPSA) is 40.5 Å². The van der Waals surface area contributed by atoms with Crippen LogP contribution in [0, 0.1) is 16.7 Å². The van der Waals surface area contributed by atoms with Gasteiger partial charge in [0.25, 0.3) is 0 Å². The fraction of sp³-hybridized carbons (Fsp3) is 0.842. The van der Waals surface area contributed by atoms with Gasteiger partial charge in [-0.25, -0.2) is 0 Å². The number of hydrogen-bond donors (Lipinski definition) is 1. The third-order valence-electron chi connectivity index (χ3n) is 4.95. The van der Waals surface area contributed by atoms with E-state index in [4.69, 9.17) is 0 Å². The summed E-state index contributed by atoms with van der Waals surface area (Å²) in [4.78, 5) is 13.6. The molecule has 0 aliphatic heterocycles. The first-order chi connectivity index (χ1) is 9.94. The molecule has 0 radical (unpaired) electrons. The second kappa shape index (κ2) is 7.16. The van der Waals surface area contributed by atoms with Crippen LogP contribution in [0.15, 0.2) is 11.6 Å². The van der Waals surface area contributed by atoms with E-state index in [-0.39, 0.29) is 16.9 Å². The van der Waals surface area contributed by atoms with Gasteiger partial charge < -0.3 is 5.11 Å². The van der Waals surface area contributed by atoms with Gasteiger partial charge in [-0.05, 0) is 49.5 Å². The van der Waals surface area contributed by atoms with Gasteiger partial charge in [-0.15, -0.1) is 0 Å². The number of nitrogens with zero attached hydrogens (tertiary/aromatic N) is 1. The van der Waals surface area contributed by atoms with Crippen LogP contribution >= 0.6 is 0 Å². The molecule has 128 valence electrons. The van der Waals surface area contributed by atoms with Crippen LogP contribution in [-0.2, 0) is 4.79 Å². The normalized spacial score (nSPS) is 24.5. The molecule has 22 heavy (non-hydrogen) atoms. The van der Waals surface area contributed by atoms with Gasteiger partial charge in [-0.2, -0.15) is 0 Å². The lowest BCUT2D eigenvalue weighted by molar-refractivity contribution is -0.144. The van der Waals surface area contributed by atoms with Crippen molar-refractivity contribution in [1.29, 1.82) is 0 Å². The van der Waals surface area contributed by atoms with Gasteiger partial charge in [-0.3, -0.25) is 9.69 Å². The molecular formula is C19H35NO2. The van der Waals surface area contributed by atoms with Gasteiger partial charge in [0.15, 0.2) is 0 Å². The molecule has 3 nitrogen and oxygen atoms in total. The summed E-state index contributed by atoms with van der Waals surface area (Å²) in [5.74, 6) is -0.295. The minimum atomic E-state index is -0.693. The highest BCUT2D eigenvalue weighted by Crippen LogP contribution is 2.41. The Morgan fingerprint density at radius 3 is 2.36 bits per heavy atom. The zero-order chi connectivity index (χ0) is 17.1. The zero-order valence-electron chi connectivity index (χ0n) is 15.6. The first-order valence-corrected chi connectivity index (χ1v) is 8.57. The number of carboxylic acids is 1. The SMILES string of the molecule is CC(C)C[C@@H](C(=O)O)N(C)CC1(C)CC=C(C(C)(C)C)CC1. The average Bonchev–Trinajstić information content (AvgIpc) is 2.34. The van der Waals surface area contributed by atoms with Crippen molar-refractivity contribution < 1.29 is 9.90 Å². The standard InChI is InChI=1S/C19H35NO2/c1-14(2)12-16(17(21)22)20(7)13-19(6)10-8-15(9-11-19)18(3,4)5/h8,14,16H,9-13H2,1-7H3,(H,21,22)/t16-,19?/m0/s1. The third-order valence-corrected chi connectivity index (χ3v) is 4.95. The maximum Gasteiger partial charge on any atom is 0.320 e. The highest BCUT2D eigenvalue weighted by molar-refractivity contribution is 5.73. The van der Waals surface area contributed by atoms with E-state index in [2.05, 4.69) is 52.5 Å². The molecule has 0 bridgehead atoms. The summed E-state index contributed by atoms with van der Waals surface area (Å²) in [6.45, 7) is 14.2. The zero-order valence-corrected chi connectivity index (χ0v) is 15.6. The molecule has 0 spiro atoms. The molecule has 0 saturated heterocycles. The van der Waals surface area contributed by atoms with E-state index in [0.717, 1.165) is 25.8 Å². The minimum absolute atomic E-state index is 0.189. The smallest absolute Gasteiger partial charge is 0.320 e. The number of likely N-dealkylation sites (N-methyl/N-ethyl adjacent to an activating group) is 1. The van der Waals surface area contributed by atoms with E-state index in [1.54, 1.807) is 5.57 Å². The Kier molecular flexibility index (Phi) is 6.26. The van der Waals surface area contributed by atoms with Crippen molar-refractivity contribution in [1.82, 2.24) is 4.90 Å². The predicted molar refractivity (Wildman–Crippen MR) is 93.0 cm³/mol. The molecule has 0 heterocycles. The number of aliphatic carboxylic acids is 1. The Morgan fingerprint density at radius 1 is 1.41 bits per heavy atom. The average molecular weight is 309 g/mol. The molecule has 0 saturated carbocycles. The quantitative estimate of drug-likeness (QED) is 0.730. The summed E-state index contributed by atoms with van der Waals surface area (Å²) in [5.41, 5.74) is 1.99. The summed E-state index contributed by atoms with van der Waals surface area (Å²) in [6.07, 6.45) is 6.45. The monoisotopic (exact) mass is 309 g/mol. The van der Waals surface area contributed by atoms with Crippen LogP contribution in [-0.4, -0.2) is 35.6 Å². The van der Waals surface area contributed by atoms with Crippen molar-refractivity contribution in [3.8, 4) is 0 Å². The maximum absolute atomic E-state index is 11.6. The van der Waals surface area contributed by atoms with Crippen molar-refractivity contribution in [2.75, 3.05) is 13.6 Å². The molecule has 1 unspecified atom stereocenters. The Balaban J connectivity index is 2.73. The molecule has 0 amide bonds. The van der Waals surface area contributed by atoms with Gasteiger partial charge in [0.05, 0.1) is 0 Å².